The van der Waals surface area contributed by atoms with Gasteiger partial charge in [-0.05, 0) is 31.9 Å². The summed E-state index contributed by atoms with van der Waals surface area (Å²) in [5, 5.41) is 13.4. The highest BCUT2D eigenvalue weighted by Gasteiger charge is 2.30. The van der Waals surface area contributed by atoms with E-state index in [1.807, 2.05) is 30.7 Å². The van der Waals surface area contributed by atoms with Crippen LogP contribution < -0.4 is 0 Å². The van der Waals surface area contributed by atoms with Gasteiger partial charge in [0.15, 0.2) is 16.8 Å². The smallest absolute Gasteiger partial charge is 0.239 e. The Morgan fingerprint density at radius 3 is 2.96 bits per heavy atom. The lowest BCUT2D eigenvalue weighted by atomic mass is 10.3. The Balaban J connectivity index is 1.53. The van der Waals surface area contributed by atoms with Crippen molar-refractivity contribution in [1.82, 2.24) is 29.9 Å². The highest BCUT2D eigenvalue weighted by molar-refractivity contribution is 7.99. The Morgan fingerprint density at radius 1 is 1.35 bits per heavy atom. The number of thioether (sulfide) groups is 1. The summed E-state index contributed by atoms with van der Waals surface area (Å²) in [6, 6.07) is 3.85. The molecule has 0 spiro atoms. The van der Waals surface area contributed by atoms with Crippen molar-refractivity contribution >= 4 is 11.8 Å². The molecule has 1 fully saturated rings. The van der Waals surface area contributed by atoms with Gasteiger partial charge in [0, 0.05) is 30.9 Å². The number of rotatable bonds is 5. The summed E-state index contributed by atoms with van der Waals surface area (Å²) < 4.78 is 7.34. The predicted octanol–water partition coefficient (Wildman–Crippen LogP) is 2.99. The van der Waals surface area contributed by atoms with E-state index in [4.69, 9.17) is 4.52 Å². The second-order valence-electron chi connectivity index (χ2n) is 5.63. The number of nitrogens with zero attached hydrogens (tertiary/aromatic N) is 6. The number of hydrogen-bond acceptors (Lipinski definition) is 7. The van der Waals surface area contributed by atoms with E-state index in [-0.39, 0.29) is 5.25 Å². The summed E-state index contributed by atoms with van der Waals surface area (Å²) in [6.07, 6.45) is 5.85. The minimum Gasteiger partial charge on any atom is -0.338 e. The molecule has 0 N–H and O–H groups in total. The second-order valence-corrected chi connectivity index (χ2v) is 6.94. The first-order chi connectivity index (χ1) is 11.2. The molecular formula is C15H16N6OS. The van der Waals surface area contributed by atoms with Crippen LogP contribution in [0.1, 0.15) is 42.6 Å². The van der Waals surface area contributed by atoms with Crippen LogP contribution in [-0.2, 0) is 7.05 Å². The fraction of sp³-hybridized carbons (Fsp3) is 0.400. The van der Waals surface area contributed by atoms with Gasteiger partial charge in [-0.3, -0.25) is 4.98 Å². The van der Waals surface area contributed by atoms with Gasteiger partial charge < -0.3 is 9.09 Å². The van der Waals surface area contributed by atoms with Crippen molar-refractivity contribution in [1.29, 1.82) is 0 Å². The molecule has 3 aromatic heterocycles. The fourth-order valence-corrected chi connectivity index (χ4v) is 3.14. The molecule has 3 aromatic rings. The third kappa shape index (κ3) is 2.86. The monoisotopic (exact) mass is 328 g/mol. The predicted molar refractivity (Wildman–Crippen MR) is 84.8 cm³/mol. The molecule has 8 heteroatoms. The van der Waals surface area contributed by atoms with Crippen molar-refractivity contribution in [3.63, 3.8) is 0 Å². The zero-order valence-corrected chi connectivity index (χ0v) is 13.7. The van der Waals surface area contributed by atoms with Crippen molar-refractivity contribution in [3.05, 3.63) is 36.2 Å². The number of aromatic nitrogens is 6. The van der Waals surface area contributed by atoms with E-state index in [1.165, 1.54) is 0 Å². The molecule has 1 aliphatic rings. The SMILES string of the molecule is C[C@@H](Sc1nnc(-c2cccnc2)n1C)c1nc(C2CC2)no1. The van der Waals surface area contributed by atoms with Gasteiger partial charge >= 0.3 is 0 Å². The van der Waals surface area contributed by atoms with Crippen molar-refractivity contribution in [2.24, 2.45) is 7.05 Å². The zero-order valence-electron chi connectivity index (χ0n) is 12.9. The molecule has 23 heavy (non-hydrogen) atoms. The lowest BCUT2D eigenvalue weighted by molar-refractivity contribution is 0.374. The molecule has 3 heterocycles. The van der Waals surface area contributed by atoms with Crippen molar-refractivity contribution in [2.45, 2.75) is 36.1 Å². The van der Waals surface area contributed by atoms with Crippen LogP contribution in [0, 0.1) is 0 Å². The standard InChI is InChI=1S/C15H16N6OS/c1-9(14-17-12(20-22-14)10-5-6-10)23-15-19-18-13(21(15)2)11-4-3-7-16-8-11/h3-4,7-10H,5-6H2,1-2H3/t9-/m1/s1. The van der Waals surface area contributed by atoms with E-state index < -0.39 is 0 Å². The molecule has 4 rings (SSSR count). The van der Waals surface area contributed by atoms with Crippen LogP contribution in [-0.4, -0.2) is 29.9 Å². The Hall–Kier alpha value is -2.22. The molecule has 0 aliphatic heterocycles. The van der Waals surface area contributed by atoms with E-state index >= 15 is 0 Å². The van der Waals surface area contributed by atoms with Gasteiger partial charge in [-0.1, -0.05) is 16.9 Å². The summed E-state index contributed by atoms with van der Waals surface area (Å²) in [6.45, 7) is 2.04. The van der Waals surface area contributed by atoms with Gasteiger partial charge in [-0.15, -0.1) is 10.2 Å². The maximum atomic E-state index is 5.38. The third-order valence-corrected chi connectivity index (χ3v) is 4.91. The average Bonchev–Trinajstić information content (AvgIpc) is 3.20. The lowest BCUT2D eigenvalue weighted by Gasteiger charge is -2.06. The first-order valence-electron chi connectivity index (χ1n) is 7.52. The van der Waals surface area contributed by atoms with Crippen molar-refractivity contribution in [2.75, 3.05) is 0 Å². The second kappa shape index (κ2) is 5.77. The summed E-state index contributed by atoms with van der Waals surface area (Å²) in [5.74, 6) is 2.76. The van der Waals surface area contributed by atoms with Crippen LogP contribution in [0.5, 0.6) is 0 Å². The molecule has 7 nitrogen and oxygen atoms in total. The molecule has 0 unspecified atom stereocenters. The van der Waals surface area contributed by atoms with Crippen molar-refractivity contribution < 1.29 is 4.52 Å². The molecule has 0 amide bonds. The van der Waals surface area contributed by atoms with Crippen LogP contribution >= 0.6 is 11.8 Å². The highest BCUT2D eigenvalue weighted by atomic mass is 32.2. The van der Waals surface area contributed by atoms with Gasteiger partial charge in [0.1, 0.15) is 0 Å². The molecule has 0 bridgehead atoms. The van der Waals surface area contributed by atoms with E-state index in [2.05, 4.69) is 25.3 Å². The zero-order chi connectivity index (χ0) is 15.8. The molecule has 0 radical (unpaired) electrons. The van der Waals surface area contributed by atoms with Crippen LogP contribution in [0.25, 0.3) is 11.4 Å². The minimum absolute atomic E-state index is 0.0275. The first-order valence-corrected chi connectivity index (χ1v) is 8.40. The number of hydrogen-bond donors (Lipinski definition) is 0. The maximum Gasteiger partial charge on any atom is 0.239 e. The fourth-order valence-electron chi connectivity index (χ4n) is 2.29. The Morgan fingerprint density at radius 2 is 2.22 bits per heavy atom. The molecule has 1 atom stereocenters. The van der Waals surface area contributed by atoms with Crippen LogP contribution in [0.2, 0.25) is 0 Å². The molecular weight excluding hydrogens is 312 g/mol. The largest absolute Gasteiger partial charge is 0.338 e. The summed E-state index contributed by atoms with van der Waals surface area (Å²) >= 11 is 1.56. The Bertz CT molecular complexity index is 810. The average molecular weight is 328 g/mol. The summed E-state index contributed by atoms with van der Waals surface area (Å²) in [5.41, 5.74) is 0.941. The highest BCUT2D eigenvalue weighted by Crippen LogP contribution is 2.40. The Labute approximate surface area is 137 Å². The molecule has 1 saturated carbocycles. The lowest BCUT2D eigenvalue weighted by Crippen LogP contribution is -1.97. The topological polar surface area (TPSA) is 82.5 Å². The quantitative estimate of drug-likeness (QED) is 0.666. The van der Waals surface area contributed by atoms with E-state index in [9.17, 15) is 0 Å². The number of pyridine rings is 1. The maximum absolute atomic E-state index is 5.38. The van der Waals surface area contributed by atoms with Gasteiger partial charge in [-0.25, -0.2) is 0 Å². The van der Waals surface area contributed by atoms with Gasteiger partial charge in [0.2, 0.25) is 5.89 Å². The molecule has 118 valence electrons. The van der Waals surface area contributed by atoms with Gasteiger partial charge in [-0.2, -0.15) is 4.98 Å². The van der Waals surface area contributed by atoms with Crippen LogP contribution in [0.15, 0.2) is 34.2 Å². The van der Waals surface area contributed by atoms with Crippen molar-refractivity contribution in [3.8, 4) is 11.4 Å². The Kier molecular flexibility index (Phi) is 3.60. The third-order valence-electron chi connectivity index (χ3n) is 3.78. The van der Waals surface area contributed by atoms with Gasteiger partial charge in [0.05, 0.1) is 5.25 Å². The molecule has 0 saturated heterocycles. The first kappa shape index (κ1) is 14.4. The van der Waals surface area contributed by atoms with E-state index in [0.29, 0.717) is 11.8 Å². The van der Waals surface area contributed by atoms with Crippen LogP contribution in [0.3, 0.4) is 0 Å². The normalized spacial score (nSPS) is 15.7. The van der Waals surface area contributed by atoms with Gasteiger partial charge in [0.25, 0.3) is 0 Å². The minimum atomic E-state index is 0.0275. The molecule has 1 aliphatic carbocycles. The summed E-state index contributed by atoms with van der Waals surface area (Å²) in [4.78, 5) is 8.62. The molecule has 0 aromatic carbocycles. The van der Waals surface area contributed by atoms with E-state index in [1.54, 1.807) is 24.2 Å². The summed E-state index contributed by atoms with van der Waals surface area (Å²) in [7, 11) is 1.95. The van der Waals surface area contributed by atoms with E-state index in [0.717, 1.165) is 35.2 Å². The van der Waals surface area contributed by atoms with Crippen LogP contribution in [0.4, 0.5) is 0 Å².